The topological polar surface area (TPSA) is 64.9 Å². The van der Waals surface area contributed by atoms with E-state index >= 15 is 0 Å². The van der Waals surface area contributed by atoms with E-state index in [9.17, 15) is 0 Å². The molecule has 0 aliphatic carbocycles. The zero-order valence-corrected chi connectivity index (χ0v) is 7.94. The van der Waals surface area contributed by atoms with Crippen LogP contribution >= 0.6 is 0 Å². The molecule has 0 aliphatic rings. The summed E-state index contributed by atoms with van der Waals surface area (Å²) in [4.78, 5) is 8.37. The lowest BCUT2D eigenvalue weighted by molar-refractivity contribution is 0.515. The molecule has 74 valence electrons. The Bertz CT molecular complexity index is 377. The van der Waals surface area contributed by atoms with Crippen molar-refractivity contribution in [2.75, 3.05) is 6.54 Å². The molecule has 0 aliphatic heterocycles. The second-order valence-corrected chi connectivity index (χ2v) is 3.18. The highest BCUT2D eigenvalue weighted by molar-refractivity contribution is 5.66. The summed E-state index contributed by atoms with van der Waals surface area (Å²) in [7, 11) is 0. The summed E-state index contributed by atoms with van der Waals surface area (Å²) >= 11 is 0. The molecule has 2 N–H and O–H groups in total. The van der Waals surface area contributed by atoms with Crippen molar-refractivity contribution in [3.8, 4) is 0 Å². The van der Waals surface area contributed by atoms with Gasteiger partial charge in [-0.3, -0.25) is 0 Å². The van der Waals surface area contributed by atoms with Crippen molar-refractivity contribution >= 4 is 11.2 Å². The predicted octanol–water partition coefficient (Wildman–Crippen LogP) is 1.50. The molecule has 0 amide bonds. The number of nitrogens with zero attached hydrogens (tertiary/aromatic N) is 2. The molecule has 2 aromatic rings. The monoisotopic (exact) mass is 191 g/mol. The highest BCUT2D eigenvalue weighted by Gasteiger charge is 2.04. The Labute approximate surface area is 82.1 Å². The summed E-state index contributed by atoms with van der Waals surface area (Å²) in [5.41, 5.74) is 6.85. The third kappa shape index (κ3) is 1.90. The molecule has 4 nitrogen and oxygen atoms in total. The van der Waals surface area contributed by atoms with E-state index in [0.717, 1.165) is 37.3 Å². The minimum absolute atomic E-state index is 0.690. The Kier molecular flexibility index (Phi) is 2.74. The van der Waals surface area contributed by atoms with Gasteiger partial charge in [0.15, 0.2) is 17.1 Å². The second kappa shape index (κ2) is 4.19. The van der Waals surface area contributed by atoms with Gasteiger partial charge in [-0.25, -0.2) is 4.98 Å². The number of rotatable bonds is 4. The van der Waals surface area contributed by atoms with Gasteiger partial charge in [0.1, 0.15) is 0 Å². The number of hydrogen-bond donors (Lipinski definition) is 1. The lowest BCUT2D eigenvalue weighted by atomic mass is 10.2. The number of hydrogen-bond acceptors (Lipinski definition) is 4. The van der Waals surface area contributed by atoms with E-state index in [0.29, 0.717) is 5.65 Å². The third-order valence-electron chi connectivity index (χ3n) is 2.05. The molecule has 0 radical (unpaired) electrons. The maximum absolute atomic E-state index is 5.50. The number of unbranched alkanes of at least 4 members (excludes halogenated alkanes) is 1. The fourth-order valence-corrected chi connectivity index (χ4v) is 1.34. The van der Waals surface area contributed by atoms with Crippen molar-refractivity contribution in [2.24, 2.45) is 5.73 Å². The van der Waals surface area contributed by atoms with Crippen molar-refractivity contribution in [1.29, 1.82) is 0 Å². The smallest absolute Gasteiger partial charge is 0.198 e. The van der Waals surface area contributed by atoms with E-state index in [2.05, 4.69) is 9.97 Å². The van der Waals surface area contributed by atoms with Gasteiger partial charge in [-0.2, -0.15) is 4.98 Å². The Hall–Kier alpha value is -1.42. The third-order valence-corrected chi connectivity index (χ3v) is 2.05. The van der Waals surface area contributed by atoms with Gasteiger partial charge in [0, 0.05) is 12.6 Å². The summed E-state index contributed by atoms with van der Waals surface area (Å²) in [6, 6.07) is 3.72. The first-order chi connectivity index (χ1) is 6.90. The van der Waals surface area contributed by atoms with Gasteiger partial charge in [0.05, 0.1) is 0 Å². The number of oxazole rings is 1. The molecule has 4 heteroatoms. The first kappa shape index (κ1) is 9.15. The summed E-state index contributed by atoms with van der Waals surface area (Å²) in [6.45, 7) is 0.721. The standard InChI is InChI=1S/C10H13N3O/c11-6-2-1-5-9-13-10-8(14-9)4-3-7-12-10/h3-4,7H,1-2,5-6,11H2. The van der Waals surface area contributed by atoms with Crippen molar-refractivity contribution in [2.45, 2.75) is 19.3 Å². The fourth-order valence-electron chi connectivity index (χ4n) is 1.34. The average molecular weight is 191 g/mol. The molecule has 0 unspecified atom stereocenters. The van der Waals surface area contributed by atoms with Crippen LogP contribution < -0.4 is 5.73 Å². The van der Waals surface area contributed by atoms with Crippen LogP contribution in [0.2, 0.25) is 0 Å². The number of aromatic nitrogens is 2. The number of nitrogens with two attached hydrogens (primary N) is 1. The molecular formula is C10H13N3O. The zero-order chi connectivity index (χ0) is 9.80. The average Bonchev–Trinajstić information content (AvgIpc) is 2.60. The quantitative estimate of drug-likeness (QED) is 0.744. The van der Waals surface area contributed by atoms with Crippen LogP contribution in [0.25, 0.3) is 11.2 Å². The van der Waals surface area contributed by atoms with Crippen LogP contribution in [0.4, 0.5) is 0 Å². The summed E-state index contributed by atoms with van der Waals surface area (Å²) in [6.07, 6.45) is 4.58. The van der Waals surface area contributed by atoms with Gasteiger partial charge in [0.25, 0.3) is 0 Å². The van der Waals surface area contributed by atoms with E-state index in [1.807, 2.05) is 12.1 Å². The van der Waals surface area contributed by atoms with Crippen molar-refractivity contribution in [1.82, 2.24) is 9.97 Å². The highest BCUT2D eigenvalue weighted by Crippen LogP contribution is 2.13. The SMILES string of the molecule is NCCCCc1nc2ncccc2o1. The van der Waals surface area contributed by atoms with Crippen LogP contribution in [0.1, 0.15) is 18.7 Å². The minimum Gasteiger partial charge on any atom is -0.439 e. The molecule has 0 atom stereocenters. The number of pyridine rings is 1. The van der Waals surface area contributed by atoms with Crippen LogP contribution in [0, 0.1) is 0 Å². The first-order valence-electron chi connectivity index (χ1n) is 4.80. The molecule has 2 rings (SSSR count). The molecule has 2 heterocycles. The summed E-state index contributed by atoms with van der Waals surface area (Å²) in [5.74, 6) is 0.757. The molecule has 0 fully saturated rings. The Morgan fingerprint density at radius 1 is 1.36 bits per heavy atom. The molecule has 0 bridgehead atoms. The van der Waals surface area contributed by atoms with Crippen LogP contribution in [0.5, 0.6) is 0 Å². The largest absolute Gasteiger partial charge is 0.439 e. The Balaban J connectivity index is 2.11. The van der Waals surface area contributed by atoms with Crippen LogP contribution in [-0.4, -0.2) is 16.5 Å². The molecule has 0 spiro atoms. The van der Waals surface area contributed by atoms with Crippen molar-refractivity contribution in [3.05, 3.63) is 24.2 Å². The first-order valence-corrected chi connectivity index (χ1v) is 4.80. The Morgan fingerprint density at radius 2 is 2.29 bits per heavy atom. The maximum atomic E-state index is 5.50. The molecule has 0 saturated carbocycles. The highest BCUT2D eigenvalue weighted by atomic mass is 16.3. The van der Waals surface area contributed by atoms with Gasteiger partial charge < -0.3 is 10.2 Å². The minimum atomic E-state index is 0.690. The van der Waals surface area contributed by atoms with Crippen LogP contribution in [0.15, 0.2) is 22.7 Å². The van der Waals surface area contributed by atoms with Crippen LogP contribution in [-0.2, 0) is 6.42 Å². The van der Waals surface area contributed by atoms with E-state index in [-0.39, 0.29) is 0 Å². The van der Waals surface area contributed by atoms with E-state index < -0.39 is 0 Å². The molecular weight excluding hydrogens is 178 g/mol. The summed E-state index contributed by atoms with van der Waals surface area (Å²) in [5, 5.41) is 0. The Morgan fingerprint density at radius 3 is 3.07 bits per heavy atom. The molecule has 0 saturated heterocycles. The van der Waals surface area contributed by atoms with Gasteiger partial charge in [-0.05, 0) is 31.5 Å². The lowest BCUT2D eigenvalue weighted by Crippen LogP contribution is -1.98. The number of aryl methyl sites for hydroxylation is 1. The number of fused-ring (bicyclic) bond motifs is 1. The van der Waals surface area contributed by atoms with Crippen molar-refractivity contribution < 1.29 is 4.42 Å². The molecule has 0 aromatic carbocycles. The van der Waals surface area contributed by atoms with Crippen LogP contribution in [0.3, 0.4) is 0 Å². The van der Waals surface area contributed by atoms with E-state index in [1.54, 1.807) is 6.20 Å². The fraction of sp³-hybridized carbons (Fsp3) is 0.400. The van der Waals surface area contributed by atoms with Gasteiger partial charge in [-0.1, -0.05) is 0 Å². The van der Waals surface area contributed by atoms with E-state index in [1.165, 1.54) is 0 Å². The predicted molar refractivity (Wildman–Crippen MR) is 53.8 cm³/mol. The summed E-state index contributed by atoms with van der Waals surface area (Å²) < 4.78 is 5.50. The van der Waals surface area contributed by atoms with Gasteiger partial charge >= 0.3 is 0 Å². The molecule has 14 heavy (non-hydrogen) atoms. The van der Waals surface area contributed by atoms with Gasteiger partial charge in [0.2, 0.25) is 0 Å². The van der Waals surface area contributed by atoms with Crippen molar-refractivity contribution in [3.63, 3.8) is 0 Å². The normalized spacial score (nSPS) is 10.9. The lowest BCUT2D eigenvalue weighted by Gasteiger charge is -1.92. The van der Waals surface area contributed by atoms with Gasteiger partial charge in [-0.15, -0.1) is 0 Å². The van der Waals surface area contributed by atoms with E-state index in [4.69, 9.17) is 10.2 Å². The zero-order valence-electron chi connectivity index (χ0n) is 7.94. The maximum Gasteiger partial charge on any atom is 0.198 e. The second-order valence-electron chi connectivity index (χ2n) is 3.18. The molecule has 2 aromatic heterocycles.